The van der Waals surface area contributed by atoms with Crippen molar-refractivity contribution in [3.05, 3.63) is 29.6 Å². The van der Waals surface area contributed by atoms with Crippen LogP contribution in [0, 0.1) is 5.82 Å². The van der Waals surface area contributed by atoms with E-state index in [0.29, 0.717) is 18.6 Å². The summed E-state index contributed by atoms with van der Waals surface area (Å²) in [6.45, 7) is 4.03. The van der Waals surface area contributed by atoms with Crippen molar-refractivity contribution < 1.29 is 17.5 Å². The first-order valence-electron chi connectivity index (χ1n) is 5.87. The van der Waals surface area contributed by atoms with Crippen LogP contribution in [0.4, 0.5) is 4.39 Å². The molecule has 0 aromatic heterocycles. The molecule has 1 aromatic rings. The van der Waals surface area contributed by atoms with E-state index in [4.69, 9.17) is 4.74 Å². The second kappa shape index (κ2) is 6.70. The van der Waals surface area contributed by atoms with Crippen molar-refractivity contribution in [1.29, 1.82) is 0 Å². The van der Waals surface area contributed by atoms with Crippen LogP contribution in [-0.4, -0.2) is 20.8 Å². The van der Waals surface area contributed by atoms with Crippen LogP contribution in [0.15, 0.2) is 18.2 Å². The Hall–Kier alpha value is -1.14. The van der Waals surface area contributed by atoms with E-state index in [-0.39, 0.29) is 18.0 Å². The quantitative estimate of drug-likeness (QED) is 0.828. The lowest BCUT2D eigenvalue weighted by Gasteiger charge is -2.08. The molecule has 0 fully saturated rings. The highest BCUT2D eigenvalue weighted by molar-refractivity contribution is 7.89. The smallest absolute Gasteiger partial charge is 0.211 e. The molecule has 4 nitrogen and oxygen atoms in total. The molecule has 0 heterocycles. The second-order valence-corrected chi connectivity index (χ2v) is 5.76. The van der Waals surface area contributed by atoms with Crippen LogP contribution in [-0.2, 0) is 16.6 Å². The highest BCUT2D eigenvalue weighted by atomic mass is 32.2. The molecule has 6 heteroatoms. The molecule has 1 N–H and O–H groups in total. The lowest BCUT2D eigenvalue weighted by molar-refractivity contribution is 0.321. The van der Waals surface area contributed by atoms with E-state index in [1.807, 2.05) is 0 Å². The van der Waals surface area contributed by atoms with Gasteiger partial charge < -0.3 is 4.74 Å². The van der Waals surface area contributed by atoms with Gasteiger partial charge in [0, 0.05) is 6.54 Å². The van der Waals surface area contributed by atoms with Gasteiger partial charge >= 0.3 is 0 Å². The van der Waals surface area contributed by atoms with E-state index in [1.165, 1.54) is 12.1 Å². The van der Waals surface area contributed by atoms with E-state index in [9.17, 15) is 12.8 Å². The van der Waals surface area contributed by atoms with Gasteiger partial charge in [0.25, 0.3) is 0 Å². The molecular weight excluding hydrogens is 257 g/mol. The standard InChI is InChI=1S/C12H18FNO3S/c1-3-7-18(15,16)14-9-10-5-6-12(17-4-2)11(13)8-10/h5-6,8,14H,3-4,7,9H2,1-2H3. The molecule has 0 saturated carbocycles. The molecule has 1 rings (SSSR count). The fourth-order valence-electron chi connectivity index (χ4n) is 1.46. The molecule has 0 amide bonds. The van der Waals surface area contributed by atoms with Gasteiger partial charge in [-0.3, -0.25) is 0 Å². The third-order valence-electron chi connectivity index (χ3n) is 2.27. The molecule has 0 spiro atoms. The lowest BCUT2D eigenvalue weighted by atomic mass is 10.2. The predicted octanol–water partition coefficient (Wildman–Crippen LogP) is 2.05. The molecule has 0 aliphatic carbocycles. The first-order chi connectivity index (χ1) is 8.48. The van der Waals surface area contributed by atoms with Crippen molar-refractivity contribution in [2.24, 2.45) is 0 Å². The highest BCUT2D eigenvalue weighted by Crippen LogP contribution is 2.18. The first-order valence-corrected chi connectivity index (χ1v) is 7.52. The van der Waals surface area contributed by atoms with Gasteiger partial charge in [-0.05, 0) is 31.0 Å². The van der Waals surface area contributed by atoms with Gasteiger partial charge in [0.05, 0.1) is 12.4 Å². The Kier molecular flexibility index (Phi) is 5.55. The molecule has 102 valence electrons. The molecule has 1 aromatic carbocycles. The summed E-state index contributed by atoms with van der Waals surface area (Å²) in [5, 5.41) is 0. The summed E-state index contributed by atoms with van der Waals surface area (Å²) >= 11 is 0. The summed E-state index contributed by atoms with van der Waals surface area (Å²) in [6, 6.07) is 4.42. The maximum Gasteiger partial charge on any atom is 0.211 e. The van der Waals surface area contributed by atoms with Crippen LogP contribution < -0.4 is 9.46 Å². The van der Waals surface area contributed by atoms with E-state index in [2.05, 4.69) is 4.72 Å². The molecule has 0 saturated heterocycles. The molecule has 18 heavy (non-hydrogen) atoms. The molecule has 0 bridgehead atoms. The van der Waals surface area contributed by atoms with Crippen molar-refractivity contribution in [2.45, 2.75) is 26.8 Å². The Morgan fingerprint density at radius 2 is 2.06 bits per heavy atom. The molecular formula is C12H18FNO3S. The zero-order valence-corrected chi connectivity index (χ0v) is 11.4. The Morgan fingerprint density at radius 1 is 1.33 bits per heavy atom. The molecule has 0 radical (unpaired) electrons. The summed E-state index contributed by atoms with van der Waals surface area (Å²) < 4.78 is 43.8. The van der Waals surface area contributed by atoms with E-state index in [1.54, 1.807) is 19.9 Å². The SMILES string of the molecule is CCCS(=O)(=O)NCc1ccc(OCC)c(F)c1. The number of rotatable bonds is 7. The molecule has 0 aliphatic rings. The third-order valence-corrected chi connectivity index (χ3v) is 3.80. The normalized spacial score (nSPS) is 11.5. The van der Waals surface area contributed by atoms with Gasteiger partial charge in [-0.25, -0.2) is 17.5 Å². The minimum absolute atomic E-state index is 0.0759. The maximum atomic E-state index is 13.5. The fourth-order valence-corrected chi connectivity index (χ4v) is 2.53. The van der Waals surface area contributed by atoms with E-state index < -0.39 is 15.8 Å². The minimum atomic E-state index is -3.27. The fraction of sp³-hybridized carbons (Fsp3) is 0.500. The van der Waals surface area contributed by atoms with Gasteiger partial charge in [0.2, 0.25) is 10.0 Å². The Morgan fingerprint density at radius 3 is 2.61 bits per heavy atom. The van der Waals surface area contributed by atoms with E-state index >= 15 is 0 Å². The summed E-state index contributed by atoms with van der Waals surface area (Å²) in [7, 11) is -3.27. The van der Waals surface area contributed by atoms with E-state index in [0.717, 1.165) is 0 Å². The highest BCUT2D eigenvalue weighted by Gasteiger charge is 2.09. The van der Waals surface area contributed by atoms with Crippen LogP contribution in [0.1, 0.15) is 25.8 Å². The predicted molar refractivity (Wildman–Crippen MR) is 68.5 cm³/mol. The van der Waals surface area contributed by atoms with Crippen LogP contribution in [0.25, 0.3) is 0 Å². The lowest BCUT2D eigenvalue weighted by Crippen LogP contribution is -2.25. The summed E-state index contributed by atoms with van der Waals surface area (Å²) in [6.07, 6.45) is 0.549. The van der Waals surface area contributed by atoms with Crippen LogP contribution in [0.3, 0.4) is 0 Å². The number of hydrogen-bond acceptors (Lipinski definition) is 3. The van der Waals surface area contributed by atoms with Crippen LogP contribution in [0.5, 0.6) is 5.75 Å². The first kappa shape index (κ1) is 14.9. The number of hydrogen-bond donors (Lipinski definition) is 1. The van der Waals surface area contributed by atoms with Gasteiger partial charge in [-0.15, -0.1) is 0 Å². The Balaban J connectivity index is 2.67. The average Bonchev–Trinajstić information content (AvgIpc) is 2.30. The number of sulfonamides is 1. The summed E-state index contributed by atoms with van der Waals surface area (Å²) in [5.74, 6) is -0.228. The van der Waals surface area contributed by atoms with Gasteiger partial charge in [0.15, 0.2) is 11.6 Å². The number of nitrogens with one attached hydrogen (secondary N) is 1. The zero-order chi connectivity index (χ0) is 13.6. The Labute approximate surface area is 107 Å². The monoisotopic (exact) mass is 275 g/mol. The van der Waals surface area contributed by atoms with Gasteiger partial charge in [0.1, 0.15) is 0 Å². The number of benzene rings is 1. The average molecular weight is 275 g/mol. The van der Waals surface area contributed by atoms with Crippen molar-refractivity contribution in [2.75, 3.05) is 12.4 Å². The minimum Gasteiger partial charge on any atom is -0.491 e. The van der Waals surface area contributed by atoms with Crippen LogP contribution in [0.2, 0.25) is 0 Å². The zero-order valence-electron chi connectivity index (χ0n) is 10.6. The summed E-state index contributed by atoms with van der Waals surface area (Å²) in [4.78, 5) is 0. The molecule has 0 unspecified atom stereocenters. The van der Waals surface area contributed by atoms with Gasteiger partial charge in [-0.2, -0.15) is 0 Å². The Bertz CT molecular complexity index is 488. The van der Waals surface area contributed by atoms with Crippen molar-refractivity contribution in [3.8, 4) is 5.75 Å². The third kappa shape index (κ3) is 4.62. The summed E-state index contributed by atoms with van der Waals surface area (Å²) in [5.41, 5.74) is 0.565. The topological polar surface area (TPSA) is 55.4 Å². The van der Waals surface area contributed by atoms with Gasteiger partial charge in [-0.1, -0.05) is 13.0 Å². The van der Waals surface area contributed by atoms with Crippen molar-refractivity contribution in [1.82, 2.24) is 4.72 Å². The van der Waals surface area contributed by atoms with Crippen LogP contribution >= 0.6 is 0 Å². The van der Waals surface area contributed by atoms with Crippen molar-refractivity contribution >= 4 is 10.0 Å². The van der Waals surface area contributed by atoms with Crippen molar-refractivity contribution in [3.63, 3.8) is 0 Å². The number of halogens is 1. The molecule has 0 aliphatic heterocycles. The maximum absolute atomic E-state index is 13.5. The second-order valence-electron chi connectivity index (χ2n) is 3.84. The molecule has 0 atom stereocenters. The largest absolute Gasteiger partial charge is 0.491 e. The number of ether oxygens (including phenoxy) is 1.